The third-order valence-electron chi connectivity index (χ3n) is 2.95. The fraction of sp³-hybridized carbons (Fsp3) is 0.385. The average molecular weight is 201 g/mol. The van der Waals surface area contributed by atoms with E-state index >= 15 is 0 Å². The van der Waals surface area contributed by atoms with E-state index in [0.29, 0.717) is 12.2 Å². The molecule has 78 valence electrons. The molecule has 1 aromatic rings. The van der Waals surface area contributed by atoms with Crippen LogP contribution in [0.25, 0.3) is 5.57 Å². The maximum absolute atomic E-state index is 11.7. The maximum Gasteiger partial charge on any atom is 0.140 e. The molecule has 1 unspecified atom stereocenters. The van der Waals surface area contributed by atoms with Crippen molar-refractivity contribution in [2.75, 3.05) is 0 Å². The minimum absolute atomic E-state index is 0.0369. The monoisotopic (exact) mass is 201 g/mol. The van der Waals surface area contributed by atoms with Crippen molar-refractivity contribution in [3.8, 4) is 0 Å². The molecule has 0 aliphatic heterocycles. The summed E-state index contributed by atoms with van der Waals surface area (Å²) in [4.78, 5) is 15.7. The van der Waals surface area contributed by atoms with Gasteiger partial charge >= 0.3 is 0 Å². The van der Waals surface area contributed by atoms with Gasteiger partial charge in [-0.05, 0) is 36.1 Å². The number of ketones is 1. The van der Waals surface area contributed by atoms with Crippen LogP contribution < -0.4 is 0 Å². The Hall–Kier alpha value is -1.44. The third kappa shape index (κ3) is 2.14. The molecule has 1 heterocycles. The summed E-state index contributed by atoms with van der Waals surface area (Å²) < 4.78 is 0. The van der Waals surface area contributed by atoms with Crippen LogP contribution in [0, 0.1) is 5.92 Å². The number of pyridine rings is 1. The Bertz CT molecular complexity index is 381. The summed E-state index contributed by atoms with van der Waals surface area (Å²) >= 11 is 0. The summed E-state index contributed by atoms with van der Waals surface area (Å²) in [6.07, 6.45) is 8.46. The van der Waals surface area contributed by atoms with Crippen LogP contribution in [0.4, 0.5) is 0 Å². The first kappa shape index (κ1) is 10.1. The molecule has 1 aliphatic carbocycles. The highest BCUT2D eigenvalue weighted by Crippen LogP contribution is 2.28. The largest absolute Gasteiger partial charge is 0.299 e. The third-order valence-corrected chi connectivity index (χ3v) is 2.95. The van der Waals surface area contributed by atoms with Crippen LogP contribution in [0.1, 0.15) is 31.7 Å². The van der Waals surface area contributed by atoms with E-state index in [4.69, 9.17) is 0 Å². The van der Waals surface area contributed by atoms with Crippen molar-refractivity contribution in [3.05, 3.63) is 36.2 Å². The SMILES string of the molecule is CC1C(=O)CCCC=C1c1ccncc1. The molecule has 0 spiro atoms. The molecular formula is C13H15NO. The van der Waals surface area contributed by atoms with Crippen LogP contribution in [0.3, 0.4) is 0 Å². The summed E-state index contributed by atoms with van der Waals surface area (Å²) in [6.45, 7) is 2.00. The molecule has 0 N–H and O–H groups in total. The summed E-state index contributed by atoms with van der Waals surface area (Å²) in [7, 11) is 0. The van der Waals surface area contributed by atoms with Gasteiger partial charge in [0.05, 0.1) is 0 Å². The normalized spacial score (nSPS) is 22.1. The van der Waals surface area contributed by atoms with Crippen LogP contribution in [-0.2, 0) is 4.79 Å². The molecule has 0 saturated heterocycles. The second-order valence-electron chi connectivity index (χ2n) is 3.98. The Morgan fingerprint density at radius 2 is 2.07 bits per heavy atom. The predicted molar refractivity (Wildman–Crippen MR) is 60.2 cm³/mol. The summed E-state index contributed by atoms with van der Waals surface area (Å²) in [5.74, 6) is 0.394. The second-order valence-corrected chi connectivity index (χ2v) is 3.98. The smallest absolute Gasteiger partial charge is 0.140 e. The highest BCUT2D eigenvalue weighted by Gasteiger charge is 2.20. The van der Waals surface area contributed by atoms with E-state index in [-0.39, 0.29) is 5.92 Å². The van der Waals surface area contributed by atoms with Gasteiger partial charge in [-0.1, -0.05) is 13.0 Å². The molecule has 1 aliphatic rings. The van der Waals surface area contributed by atoms with Gasteiger partial charge in [0.25, 0.3) is 0 Å². The van der Waals surface area contributed by atoms with E-state index in [0.717, 1.165) is 18.4 Å². The van der Waals surface area contributed by atoms with Crippen LogP contribution in [0.5, 0.6) is 0 Å². The van der Waals surface area contributed by atoms with Gasteiger partial charge in [-0.3, -0.25) is 9.78 Å². The highest BCUT2D eigenvalue weighted by atomic mass is 16.1. The first-order chi connectivity index (χ1) is 7.29. The van der Waals surface area contributed by atoms with E-state index < -0.39 is 0 Å². The van der Waals surface area contributed by atoms with Gasteiger partial charge in [-0.25, -0.2) is 0 Å². The molecule has 1 aromatic heterocycles. The van der Waals surface area contributed by atoms with Gasteiger partial charge in [0, 0.05) is 24.7 Å². The molecule has 15 heavy (non-hydrogen) atoms. The molecule has 0 aromatic carbocycles. The molecule has 0 saturated carbocycles. The van der Waals surface area contributed by atoms with Crippen molar-refractivity contribution in [2.45, 2.75) is 26.2 Å². The van der Waals surface area contributed by atoms with E-state index in [1.165, 1.54) is 5.57 Å². The lowest BCUT2D eigenvalue weighted by Crippen LogP contribution is -2.10. The van der Waals surface area contributed by atoms with Crippen molar-refractivity contribution >= 4 is 11.4 Å². The Balaban J connectivity index is 2.34. The van der Waals surface area contributed by atoms with Crippen LogP contribution in [0.15, 0.2) is 30.6 Å². The van der Waals surface area contributed by atoms with Crippen LogP contribution in [-0.4, -0.2) is 10.8 Å². The number of hydrogen-bond acceptors (Lipinski definition) is 2. The van der Waals surface area contributed by atoms with Crippen molar-refractivity contribution in [3.63, 3.8) is 0 Å². The van der Waals surface area contributed by atoms with Gasteiger partial charge in [-0.15, -0.1) is 0 Å². The number of carbonyl (C=O) groups is 1. The number of Topliss-reactive ketones (excluding diaryl/α,β-unsaturated/α-hetero) is 1. The van der Waals surface area contributed by atoms with E-state index in [9.17, 15) is 4.79 Å². The first-order valence-electron chi connectivity index (χ1n) is 5.42. The molecule has 0 radical (unpaired) electrons. The summed E-state index contributed by atoms with van der Waals surface area (Å²) in [5, 5.41) is 0. The Morgan fingerprint density at radius 1 is 1.33 bits per heavy atom. The van der Waals surface area contributed by atoms with Gasteiger partial charge < -0.3 is 0 Å². The maximum atomic E-state index is 11.7. The highest BCUT2D eigenvalue weighted by molar-refractivity contribution is 5.93. The minimum atomic E-state index is 0.0369. The average Bonchev–Trinajstić information content (AvgIpc) is 2.44. The molecule has 2 heteroatoms. The number of aromatic nitrogens is 1. The predicted octanol–water partition coefficient (Wildman–Crippen LogP) is 2.85. The summed E-state index contributed by atoms with van der Waals surface area (Å²) in [5.41, 5.74) is 2.30. The van der Waals surface area contributed by atoms with Crippen LogP contribution in [0.2, 0.25) is 0 Å². The van der Waals surface area contributed by atoms with Gasteiger partial charge in [0.15, 0.2) is 0 Å². The Kier molecular flexibility index (Phi) is 2.95. The standard InChI is InChI=1S/C13H15NO/c1-10-12(4-2-3-5-13(10)15)11-6-8-14-9-7-11/h4,6-10H,2-3,5H2,1H3. The number of rotatable bonds is 1. The van der Waals surface area contributed by atoms with E-state index in [1.807, 2.05) is 19.1 Å². The Labute approximate surface area is 90.0 Å². The lowest BCUT2D eigenvalue weighted by atomic mass is 9.91. The van der Waals surface area contributed by atoms with Gasteiger partial charge in [-0.2, -0.15) is 0 Å². The van der Waals surface area contributed by atoms with Gasteiger partial charge in [0.1, 0.15) is 5.78 Å². The number of allylic oxidation sites excluding steroid dienone is 2. The fourth-order valence-corrected chi connectivity index (χ4v) is 2.01. The van der Waals surface area contributed by atoms with Crippen LogP contribution >= 0.6 is 0 Å². The summed E-state index contributed by atoms with van der Waals surface area (Å²) in [6, 6.07) is 3.95. The van der Waals surface area contributed by atoms with Crippen molar-refractivity contribution in [1.29, 1.82) is 0 Å². The molecule has 1 atom stereocenters. The second kappa shape index (κ2) is 4.39. The first-order valence-corrected chi connectivity index (χ1v) is 5.42. The van der Waals surface area contributed by atoms with Crippen molar-refractivity contribution < 1.29 is 4.79 Å². The lowest BCUT2D eigenvalue weighted by molar-refractivity contribution is -0.120. The van der Waals surface area contributed by atoms with E-state index in [1.54, 1.807) is 12.4 Å². The number of nitrogens with zero attached hydrogens (tertiary/aromatic N) is 1. The molecule has 2 rings (SSSR count). The zero-order valence-electron chi connectivity index (χ0n) is 8.94. The zero-order valence-corrected chi connectivity index (χ0v) is 8.94. The fourth-order valence-electron chi connectivity index (χ4n) is 2.01. The number of carbonyl (C=O) groups excluding carboxylic acids is 1. The quantitative estimate of drug-likeness (QED) is 0.699. The molecule has 0 fully saturated rings. The molecule has 0 amide bonds. The van der Waals surface area contributed by atoms with Crippen molar-refractivity contribution in [1.82, 2.24) is 4.98 Å². The molecule has 2 nitrogen and oxygen atoms in total. The zero-order chi connectivity index (χ0) is 10.7. The van der Waals surface area contributed by atoms with Gasteiger partial charge in [0.2, 0.25) is 0 Å². The number of hydrogen-bond donors (Lipinski definition) is 0. The van der Waals surface area contributed by atoms with E-state index in [2.05, 4.69) is 11.1 Å². The Morgan fingerprint density at radius 3 is 2.80 bits per heavy atom. The molecular weight excluding hydrogens is 186 g/mol. The van der Waals surface area contributed by atoms with Crippen molar-refractivity contribution in [2.24, 2.45) is 5.92 Å². The lowest BCUT2D eigenvalue weighted by Gasteiger charge is -2.12. The molecule has 0 bridgehead atoms. The minimum Gasteiger partial charge on any atom is -0.299 e. The topological polar surface area (TPSA) is 30.0 Å².